The standard InChI is InChI=1S/C7H15O2P/c1-3-7(2)5-4-6-10(8)9/h4,6-7,10H,3,5H2,1-2H3,(H,8,9). The molecule has 0 fully saturated rings. The van der Waals surface area contributed by atoms with Crippen molar-refractivity contribution < 1.29 is 9.46 Å². The Labute approximate surface area is 62.8 Å². The Morgan fingerprint density at radius 1 is 1.70 bits per heavy atom. The second-order valence-electron chi connectivity index (χ2n) is 2.49. The van der Waals surface area contributed by atoms with Crippen LogP contribution in [0, 0.1) is 5.92 Å². The predicted molar refractivity (Wildman–Crippen MR) is 44.4 cm³/mol. The molecule has 0 amide bonds. The first-order chi connectivity index (χ1) is 4.66. The molecule has 0 aliphatic carbocycles. The van der Waals surface area contributed by atoms with Gasteiger partial charge in [-0.2, -0.15) is 0 Å². The fourth-order valence-corrected chi connectivity index (χ4v) is 0.906. The lowest BCUT2D eigenvalue weighted by Crippen LogP contribution is -1.86. The Kier molecular flexibility index (Phi) is 5.66. The summed E-state index contributed by atoms with van der Waals surface area (Å²) in [5, 5.41) is 0. The topological polar surface area (TPSA) is 37.3 Å². The van der Waals surface area contributed by atoms with Gasteiger partial charge in [0.1, 0.15) is 0 Å². The fraction of sp³-hybridized carbons (Fsp3) is 0.714. The minimum atomic E-state index is -2.37. The van der Waals surface area contributed by atoms with Gasteiger partial charge in [0.25, 0.3) is 0 Å². The molecule has 0 aliphatic rings. The van der Waals surface area contributed by atoms with Gasteiger partial charge in [-0.1, -0.05) is 26.3 Å². The Hall–Kier alpha value is -0.0700. The number of rotatable bonds is 4. The molecule has 0 saturated heterocycles. The molecule has 1 N–H and O–H groups in total. The average Bonchev–Trinajstić information content (AvgIpc) is 1.87. The number of allylic oxidation sites excluding steroid dienone is 1. The summed E-state index contributed by atoms with van der Waals surface area (Å²) in [5.74, 6) is 2.01. The van der Waals surface area contributed by atoms with E-state index < -0.39 is 8.03 Å². The van der Waals surface area contributed by atoms with Crippen molar-refractivity contribution >= 4 is 8.03 Å². The Morgan fingerprint density at radius 2 is 2.30 bits per heavy atom. The quantitative estimate of drug-likeness (QED) is 0.644. The van der Waals surface area contributed by atoms with E-state index in [1.54, 1.807) is 6.08 Å². The maximum absolute atomic E-state index is 10.2. The van der Waals surface area contributed by atoms with Crippen molar-refractivity contribution in [2.45, 2.75) is 26.7 Å². The molecule has 0 aliphatic heterocycles. The van der Waals surface area contributed by atoms with Crippen LogP contribution in [0.3, 0.4) is 0 Å². The van der Waals surface area contributed by atoms with Crippen LogP contribution in [0.1, 0.15) is 26.7 Å². The zero-order valence-electron chi connectivity index (χ0n) is 6.50. The van der Waals surface area contributed by atoms with Crippen LogP contribution in [0.2, 0.25) is 0 Å². The molecule has 2 nitrogen and oxygen atoms in total. The van der Waals surface area contributed by atoms with E-state index in [2.05, 4.69) is 13.8 Å². The second kappa shape index (κ2) is 5.70. The van der Waals surface area contributed by atoms with Crippen LogP contribution < -0.4 is 0 Å². The minimum Gasteiger partial charge on any atom is -0.344 e. The highest BCUT2D eigenvalue weighted by Gasteiger charge is 1.93. The summed E-state index contributed by atoms with van der Waals surface area (Å²) < 4.78 is 10.2. The van der Waals surface area contributed by atoms with Crippen LogP contribution >= 0.6 is 8.03 Å². The van der Waals surface area contributed by atoms with Gasteiger partial charge >= 0.3 is 0 Å². The third-order valence-corrected chi connectivity index (χ3v) is 2.02. The molecule has 0 heterocycles. The van der Waals surface area contributed by atoms with Crippen molar-refractivity contribution in [3.8, 4) is 0 Å². The lowest BCUT2D eigenvalue weighted by atomic mass is 10.1. The first-order valence-electron chi connectivity index (χ1n) is 3.56. The van der Waals surface area contributed by atoms with E-state index in [0.717, 1.165) is 12.8 Å². The number of hydrogen-bond donors (Lipinski definition) is 1. The van der Waals surface area contributed by atoms with Crippen molar-refractivity contribution in [1.29, 1.82) is 0 Å². The van der Waals surface area contributed by atoms with E-state index in [1.807, 2.05) is 0 Å². The molecule has 0 rings (SSSR count). The molecule has 0 aromatic carbocycles. The summed E-state index contributed by atoms with van der Waals surface area (Å²) >= 11 is 0. The van der Waals surface area contributed by atoms with Crippen molar-refractivity contribution in [2.24, 2.45) is 5.92 Å². The summed E-state index contributed by atoms with van der Waals surface area (Å²) in [6.07, 6.45) is 3.82. The van der Waals surface area contributed by atoms with Crippen LogP contribution in [0.4, 0.5) is 0 Å². The van der Waals surface area contributed by atoms with E-state index in [0.29, 0.717) is 5.92 Å². The highest BCUT2D eigenvalue weighted by molar-refractivity contribution is 7.41. The monoisotopic (exact) mass is 162 g/mol. The van der Waals surface area contributed by atoms with Gasteiger partial charge in [-0.05, 0) is 18.2 Å². The van der Waals surface area contributed by atoms with Crippen LogP contribution in [-0.4, -0.2) is 4.89 Å². The minimum absolute atomic E-state index is 0.623. The van der Waals surface area contributed by atoms with E-state index in [4.69, 9.17) is 4.89 Å². The predicted octanol–water partition coefficient (Wildman–Crippen LogP) is 2.40. The molecule has 60 valence electrons. The fourth-order valence-electron chi connectivity index (χ4n) is 0.568. The van der Waals surface area contributed by atoms with Crippen molar-refractivity contribution in [3.05, 3.63) is 11.9 Å². The SMILES string of the molecule is CCC(C)CC=C[PH](=O)O. The second-order valence-corrected chi connectivity index (χ2v) is 3.50. The molecule has 10 heavy (non-hydrogen) atoms. The molecule has 0 bridgehead atoms. The number of hydrogen-bond acceptors (Lipinski definition) is 1. The van der Waals surface area contributed by atoms with E-state index in [-0.39, 0.29) is 0 Å². The molecule has 0 spiro atoms. The van der Waals surface area contributed by atoms with Gasteiger partial charge in [0.2, 0.25) is 8.03 Å². The largest absolute Gasteiger partial charge is 0.344 e. The van der Waals surface area contributed by atoms with Gasteiger partial charge in [-0.3, -0.25) is 4.57 Å². The zero-order valence-corrected chi connectivity index (χ0v) is 7.50. The summed E-state index contributed by atoms with van der Waals surface area (Å²) in [6, 6.07) is 0. The van der Waals surface area contributed by atoms with Crippen molar-refractivity contribution in [2.75, 3.05) is 0 Å². The molecular weight excluding hydrogens is 147 g/mol. The van der Waals surface area contributed by atoms with Crippen LogP contribution in [0.25, 0.3) is 0 Å². The molecule has 0 aromatic rings. The van der Waals surface area contributed by atoms with E-state index in [1.165, 1.54) is 5.82 Å². The van der Waals surface area contributed by atoms with Crippen LogP contribution in [-0.2, 0) is 4.57 Å². The zero-order chi connectivity index (χ0) is 7.98. The summed E-state index contributed by atoms with van der Waals surface area (Å²) in [4.78, 5) is 8.40. The highest BCUT2D eigenvalue weighted by Crippen LogP contribution is 2.16. The van der Waals surface area contributed by atoms with Gasteiger partial charge < -0.3 is 4.89 Å². The van der Waals surface area contributed by atoms with Gasteiger partial charge in [-0.15, -0.1) is 0 Å². The highest BCUT2D eigenvalue weighted by atomic mass is 31.1. The third kappa shape index (κ3) is 6.06. The lowest BCUT2D eigenvalue weighted by molar-refractivity contribution is 0.512. The molecule has 0 radical (unpaired) electrons. The lowest BCUT2D eigenvalue weighted by Gasteiger charge is -2.01. The van der Waals surface area contributed by atoms with Crippen molar-refractivity contribution in [1.82, 2.24) is 0 Å². The maximum atomic E-state index is 10.2. The van der Waals surface area contributed by atoms with Gasteiger partial charge in [0.05, 0.1) is 0 Å². The van der Waals surface area contributed by atoms with Gasteiger partial charge in [-0.25, -0.2) is 0 Å². The summed E-state index contributed by atoms with van der Waals surface area (Å²) in [7, 11) is -2.37. The van der Waals surface area contributed by atoms with Crippen LogP contribution in [0.15, 0.2) is 11.9 Å². The first-order valence-corrected chi connectivity index (χ1v) is 4.99. The Morgan fingerprint density at radius 3 is 2.70 bits per heavy atom. The summed E-state index contributed by atoms with van der Waals surface area (Å²) in [5.41, 5.74) is 0. The Bertz CT molecular complexity index is 132. The van der Waals surface area contributed by atoms with E-state index in [9.17, 15) is 4.57 Å². The summed E-state index contributed by atoms with van der Waals surface area (Å²) in [6.45, 7) is 4.24. The van der Waals surface area contributed by atoms with Gasteiger partial charge in [0.15, 0.2) is 0 Å². The smallest absolute Gasteiger partial charge is 0.210 e. The van der Waals surface area contributed by atoms with Crippen molar-refractivity contribution in [3.63, 3.8) is 0 Å². The normalized spacial score (nSPS) is 17.5. The Balaban J connectivity index is 3.43. The van der Waals surface area contributed by atoms with Crippen LogP contribution in [0.5, 0.6) is 0 Å². The average molecular weight is 162 g/mol. The molecule has 2 atom stereocenters. The molecule has 0 aromatic heterocycles. The molecule has 2 unspecified atom stereocenters. The van der Waals surface area contributed by atoms with Gasteiger partial charge in [0, 0.05) is 0 Å². The maximum Gasteiger partial charge on any atom is 0.210 e. The molecule has 3 heteroatoms. The van der Waals surface area contributed by atoms with E-state index >= 15 is 0 Å². The molecule has 0 saturated carbocycles. The molecular formula is C7H15O2P. The third-order valence-electron chi connectivity index (χ3n) is 1.50. The first kappa shape index (κ1) is 9.93.